The van der Waals surface area contributed by atoms with Gasteiger partial charge in [-0.2, -0.15) is 0 Å². The molecule has 1 heterocycles. The Hall–Kier alpha value is -1.71. The van der Waals surface area contributed by atoms with Crippen molar-refractivity contribution in [2.75, 3.05) is 19.6 Å². The molecule has 3 nitrogen and oxygen atoms in total. The van der Waals surface area contributed by atoms with E-state index in [1.807, 2.05) is 12.3 Å². The number of nitrogens with zero attached hydrogens (tertiary/aromatic N) is 2. The monoisotopic (exact) mass is 269 g/mol. The van der Waals surface area contributed by atoms with Gasteiger partial charge in [0.05, 0.1) is 0 Å². The van der Waals surface area contributed by atoms with E-state index in [0.29, 0.717) is 6.54 Å². The average Bonchev–Trinajstić information content (AvgIpc) is 2.48. The van der Waals surface area contributed by atoms with Crippen LogP contribution in [0.3, 0.4) is 0 Å². The van der Waals surface area contributed by atoms with Crippen LogP contribution in [0.15, 0.2) is 48.7 Å². The Morgan fingerprint density at radius 2 is 1.85 bits per heavy atom. The van der Waals surface area contributed by atoms with E-state index in [2.05, 4.69) is 53.2 Å². The molecule has 106 valence electrons. The van der Waals surface area contributed by atoms with Gasteiger partial charge in [0, 0.05) is 38.1 Å². The van der Waals surface area contributed by atoms with Gasteiger partial charge >= 0.3 is 0 Å². The van der Waals surface area contributed by atoms with Gasteiger partial charge < -0.3 is 5.73 Å². The molecular formula is C17H23N3. The molecule has 0 saturated carbocycles. The minimum atomic E-state index is 0.689. The number of aryl methyl sites for hydroxylation is 1. The van der Waals surface area contributed by atoms with Crippen LogP contribution >= 0.6 is 0 Å². The van der Waals surface area contributed by atoms with Gasteiger partial charge in [0.1, 0.15) is 0 Å². The molecule has 0 radical (unpaired) electrons. The summed E-state index contributed by atoms with van der Waals surface area (Å²) in [6.45, 7) is 5.61. The van der Waals surface area contributed by atoms with Crippen molar-refractivity contribution in [2.24, 2.45) is 5.73 Å². The van der Waals surface area contributed by atoms with Crippen molar-refractivity contribution in [1.29, 1.82) is 0 Å². The molecule has 0 spiro atoms. The molecule has 0 bridgehead atoms. The lowest BCUT2D eigenvalue weighted by Crippen LogP contribution is -2.31. The number of aromatic nitrogens is 1. The first-order chi connectivity index (χ1) is 9.79. The molecule has 0 aliphatic heterocycles. The summed E-state index contributed by atoms with van der Waals surface area (Å²) in [6, 6.07) is 14.7. The van der Waals surface area contributed by atoms with Crippen LogP contribution in [0.25, 0.3) is 0 Å². The summed E-state index contributed by atoms with van der Waals surface area (Å²) in [5.41, 5.74) is 9.50. The SMILES string of the molecule is Cc1ncccc1CN(CCN)CCc1ccccc1. The Morgan fingerprint density at radius 3 is 2.55 bits per heavy atom. The second-order valence-corrected chi connectivity index (χ2v) is 5.05. The van der Waals surface area contributed by atoms with Gasteiger partial charge in [-0.05, 0) is 30.5 Å². The molecule has 2 aromatic rings. The molecule has 0 aliphatic rings. The Balaban J connectivity index is 1.95. The molecule has 1 aromatic heterocycles. The van der Waals surface area contributed by atoms with Crippen LogP contribution in [0.1, 0.15) is 16.8 Å². The number of benzene rings is 1. The predicted molar refractivity (Wildman–Crippen MR) is 83.5 cm³/mol. The minimum Gasteiger partial charge on any atom is -0.329 e. The second-order valence-electron chi connectivity index (χ2n) is 5.05. The maximum absolute atomic E-state index is 5.73. The average molecular weight is 269 g/mol. The van der Waals surface area contributed by atoms with E-state index in [-0.39, 0.29) is 0 Å². The maximum atomic E-state index is 5.73. The number of nitrogens with two attached hydrogens (primary N) is 1. The molecule has 3 heteroatoms. The first-order valence-corrected chi connectivity index (χ1v) is 7.16. The van der Waals surface area contributed by atoms with Crippen LogP contribution in [0.4, 0.5) is 0 Å². The number of rotatable bonds is 7. The summed E-state index contributed by atoms with van der Waals surface area (Å²) >= 11 is 0. The molecule has 2 N–H and O–H groups in total. The van der Waals surface area contributed by atoms with Crippen LogP contribution in [0.2, 0.25) is 0 Å². The molecule has 0 aliphatic carbocycles. The van der Waals surface area contributed by atoms with Gasteiger partial charge in [-0.1, -0.05) is 36.4 Å². The number of hydrogen-bond acceptors (Lipinski definition) is 3. The van der Waals surface area contributed by atoms with Crippen LogP contribution in [0.5, 0.6) is 0 Å². The van der Waals surface area contributed by atoms with Crippen molar-refractivity contribution < 1.29 is 0 Å². The van der Waals surface area contributed by atoms with Gasteiger partial charge in [0.2, 0.25) is 0 Å². The maximum Gasteiger partial charge on any atom is 0.0417 e. The van der Waals surface area contributed by atoms with E-state index in [1.165, 1.54) is 11.1 Å². The van der Waals surface area contributed by atoms with E-state index < -0.39 is 0 Å². The highest BCUT2D eigenvalue weighted by Crippen LogP contribution is 2.09. The summed E-state index contributed by atoms with van der Waals surface area (Å²) in [4.78, 5) is 6.75. The number of pyridine rings is 1. The summed E-state index contributed by atoms with van der Waals surface area (Å²) in [7, 11) is 0. The molecule has 0 saturated heterocycles. The van der Waals surface area contributed by atoms with Gasteiger partial charge in [0.15, 0.2) is 0 Å². The fourth-order valence-corrected chi connectivity index (χ4v) is 2.31. The Labute approximate surface area is 121 Å². The summed E-state index contributed by atoms with van der Waals surface area (Å²) in [5.74, 6) is 0. The van der Waals surface area contributed by atoms with Crippen molar-refractivity contribution in [3.63, 3.8) is 0 Å². The van der Waals surface area contributed by atoms with Gasteiger partial charge in [-0.25, -0.2) is 0 Å². The van der Waals surface area contributed by atoms with Crippen LogP contribution < -0.4 is 5.73 Å². The van der Waals surface area contributed by atoms with Crippen LogP contribution in [-0.4, -0.2) is 29.5 Å². The molecule has 2 rings (SSSR count). The van der Waals surface area contributed by atoms with Crippen molar-refractivity contribution in [1.82, 2.24) is 9.88 Å². The third kappa shape index (κ3) is 4.44. The lowest BCUT2D eigenvalue weighted by atomic mass is 10.1. The zero-order valence-electron chi connectivity index (χ0n) is 12.1. The minimum absolute atomic E-state index is 0.689. The van der Waals surface area contributed by atoms with Crippen molar-refractivity contribution in [2.45, 2.75) is 19.9 Å². The largest absolute Gasteiger partial charge is 0.329 e. The topological polar surface area (TPSA) is 42.2 Å². The first-order valence-electron chi connectivity index (χ1n) is 7.16. The highest BCUT2D eigenvalue weighted by atomic mass is 15.1. The zero-order valence-corrected chi connectivity index (χ0v) is 12.1. The summed E-state index contributed by atoms with van der Waals surface area (Å²) in [6.07, 6.45) is 2.90. The van der Waals surface area contributed by atoms with E-state index in [4.69, 9.17) is 5.73 Å². The quantitative estimate of drug-likeness (QED) is 0.839. The fourth-order valence-electron chi connectivity index (χ4n) is 2.31. The highest BCUT2D eigenvalue weighted by molar-refractivity contribution is 5.18. The summed E-state index contributed by atoms with van der Waals surface area (Å²) < 4.78 is 0. The zero-order chi connectivity index (χ0) is 14.2. The molecule has 0 unspecified atom stereocenters. The van der Waals surface area contributed by atoms with Gasteiger partial charge in [-0.3, -0.25) is 9.88 Å². The lowest BCUT2D eigenvalue weighted by Gasteiger charge is -2.22. The third-order valence-corrected chi connectivity index (χ3v) is 3.52. The molecule has 0 atom stereocenters. The highest BCUT2D eigenvalue weighted by Gasteiger charge is 2.07. The van der Waals surface area contributed by atoms with Gasteiger partial charge in [-0.15, -0.1) is 0 Å². The van der Waals surface area contributed by atoms with Crippen molar-refractivity contribution in [3.05, 3.63) is 65.5 Å². The van der Waals surface area contributed by atoms with E-state index in [9.17, 15) is 0 Å². The fraction of sp³-hybridized carbons (Fsp3) is 0.353. The standard InChI is InChI=1S/C17H23N3/c1-15-17(8-5-11-19-15)14-20(13-10-18)12-9-16-6-3-2-4-7-16/h2-8,11H,9-10,12-14,18H2,1H3. The van der Waals surface area contributed by atoms with E-state index >= 15 is 0 Å². The second kappa shape index (κ2) is 7.78. The molecular weight excluding hydrogens is 246 g/mol. The predicted octanol–water partition coefficient (Wildman–Crippen LogP) is 2.39. The molecule has 1 aromatic carbocycles. The van der Waals surface area contributed by atoms with Crippen molar-refractivity contribution >= 4 is 0 Å². The Morgan fingerprint density at radius 1 is 1.05 bits per heavy atom. The molecule has 20 heavy (non-hydrogen) atoms. The van der Waals surface area contributed by atoms with Crippen LogP contribution in [-0.2, 0) is 13.0 Å². The summed E-state index contributed by atoms with van der Waals surface area (Å²) in [5, 5.41) is 0. The molecule has 0 amide bonds. The molecule has 0 fully saturated rings. The lowest BCUT2D eigenvalue weighted by molar-refractivity contribution is 0.275. The number of hydrogen-bond donors (Lipinski definition) is 1. The smallest absolute Gasteiger partial charge is 0.0417 e. The first kappa shape index (κ1) is 14.7. The Bertz CT molecular complexity index is 511. The third-order valence-electron chi connectivity index (χ3n) is 3.52. The van der Waals surface area contributed by atoms with Gasteiger partial charge in [0.25, 0.3) is 0 Å². The Kier molecular flexibility index (Phi) is 5.71. The van der Waals surface area contributed by atoms with Crippen molar-refractivity contribution in [3.8, 4) is 0 Å². The van der Waals surface area contributed by atoms with E-state index in [1.54, 1.807) is 0 Å². The normalized spacial score (nSPS) is 10.9. The van der Waals surface area contributed by atoms with Crippen LogP contribution in [0, 0.1) is 6.92 Å². The van der Waals surface area contributed by atoms with E-state index in [0.717, 1.165) is 31.7 Å².